The fourth-order valence-electron chi connectivity index (χ4n) is 2.85. The van der Waals surface area contributed by atoms with E-state index in [1.165, 1.54) is 5.56 Å². The van der Waals surface area contributed by atoms with Gasteiger partial charge in [-0.3, -0.25) is 9.78 Å². The quantitative estimate of drug-likeness (QED) is 0.920. The Morgan fingerprint density at radius 2 is 2.14 bits per heavy atom. The molecule has 1 amide bonds. The molecule has 0 spiro atoms. The third-order valence-electron chi connectivity index (χ3n) is 3.97. The zero-order valence-corrected chi connectivity index (χ0v) is 12.1. The van der Waals surface area contributed by atoms with Gasteiger partial charge in [0.15, 0.2) is 0 Å². The van der Waals surface area contributed by atoms with Crippen LogP contribution >= 0.6 is 0 Å². The van der Waals surface area contributed by atoms with E-state index in [9.17, 15) is 4.79 Å². The first-order valence-electron chi connectivity index (χ1n) is 7.25. The summed E-state index contributed by atoms with van der Waals surface area (Å²) in [6, 6.07) is 12.0. The minimum absolute atomic E-state index is 0.0897. The summed E-state index contributed by atoms with van der Waals surface area (Å²) < 4.78 is 0. The van der Waals surface area contributed by atoms with Crippen LogP contribution in [0.25, 0.3) is 0 Å². The predicted octanol–water partition coefficient (Wildman–Crippen LogP) is 2.57. The second kappa shape index (κ2) is 5.56. The SMILES string of the molecule is CC1CCc2ccccc2N1C(=O)Cc1ccc(N)cn1. The van der Waals surface area contributed by atoms with Crippen LogP contribution < -0.4 is 10.6 Å². The van der Waals surface area contributed by atoms with Crippen molar-refractivity contribution < 1.29 is 4.79 Å². The van der Waals surface area contributed by atoms with E-state index in [1.807, 2.05) is 29.2 Å². The number of nitrogen functional groups attached to an aromatic ring is 1. The highest BCUT2D eigenvalue weighted by Gasteiger charge is 2.27. The fourth-order valence-corrected chi connectivity index (χ4v) is 2.85. The van der Waals surface area contributed by atoms with Crippen molar-refractivity contribution >= 4 is 17.3 Å². The average molecular weight is 281 g/mol. The van der Waals surface area contributed by atoms with Gasteiger partial charge in [-0.05, 0) is 43.5 Å². The zero-order chi connectivity index (χ0) is 14.8. The average Bonchev–Trinajstić information content (AvgIpc) is 2.49. The molecule has 108 valence electrons. The first-order chi connectivity index (χ1) is 10.1. The molecule has 2 N–H and O–H groups in total. The molecule has 1 aliphatic heterocycles. The number of pyridine rings is 1. The largest absolute Gasteiger partial charge is 0.397 e. The summed E-state index contributed by atoms with van der Waals surface area (Å²) in [5.41, 5.74) is 9.28. The van der Waals surface area contributed by atoms with E-state index in [0.29, 0.717) is 12.1 Å². The maximum absolute atomic E-state index is 12.7. The summed E-state index contributed by atoms with van der Waals surface area (Å²) in [5, 5.41) is 0. The van der Waals surface area contributed by atoms with E-state index < -0.39 is 0 Å². The van der Waals surface area contributed by atoms with Gasteiger partial charge in [0.05, 0.1) is 18.3 Å². The lowest BCUT2D eigenvalue weighted by molar-refractivity contribution is -0.118. The lowest BCUT2D eigenvalue weighted by Gasteiger charge is -2.35. The predicted molar refractivity (Wildman–Crippen MR) is 84.1 cm³/mol. The Labute approximate surface area is 124 Å². The minimum Gasteiger partial charge on any atom is -0.397 e. The van der Waals surface area contributed by atoms with Crippen molar-refractivity contribution in [1.29, 1.82) is 0 Å². The molecule has 0 bridgehead atoms. The molecule has 2 heterocycles. The van der Waals surface area contributed by atoms with Crippen molar-refractivity contribution in [2.24, 2.45) is 0 Å². The van der Waals surface area contributed by atoms with E-state index in [1.54, 1.807) is 12.3 Å². The molecule has 4 nitrogen and oxygen atoms in total. The number of nitrogens with two attached hydrogens (primary N) is 1. The van der Waals surface area contributed by atoms with Crippen LogP contribution in [0.2, 0.25) is 0 Å². The molecule has 0 fully saturated rings. The number of carbonyl (C=O) groups is 1. The van der Waals surface area contributed by atoms with E-state index >= 15 is 0 Å². The Kier molecular flexibility index (Phi) is 3.60. The van der Waals surface area contributed by atoms with Crippen molar-refractivity contribution in [2.45, 2.75) is 32.2 Å². The highest BCUT2D eigenvalue weighted by Crippen LogP contribution is 2.30. The van der Waals surface area contributed by atoms with E-state index in [-0.39, 0.29) is 11.9 Å². The van der Waals surface area contributed by atoms with Crippen LogP contribution in [-0.2, 0) is 17.6 Å². The maximum atomic E-state index is 12.7. The highest BCUT2D eigenvalue weighted by molar-refractivity contribution is 5.96. The summed E-state index contributed by atoms with van der Waals surface area (Å²) >= 11 is 0. The monoisotopic (exact) mass is 281 g/mol. The van der Waals surface area contributed by atoms with Crippen molar-refractivity contribution in [3.63, 3.8) is 0 Å². The number of hydrogen-bond donors (Lipinski definition) is 1. The number of amides is 1. The molecule has 4 heteroatoms. The van der Waals surface area contributed by atoms with Gasteiger partial charge >= 0.3 is 0 Å². The molecular weight excluding hydrogens is 262 g/mol. The Bertz CT molecular complexity index is 651. The number of benzene rings is 1. The minimum atomic E-state index is 0.0897. The topological polar surface area (TPSA) is 59.2 Å². The molecule has 0 saturated heterocycles. The summed E-state index contributed by atoms with van der Waals surface area (Å²) in [7, 11) is 0. The third kappa shape index (κ3) is 2.75. The summed E-state index contributed by atoms with van der Waals surface area (Å²) in [6.07, 6.45) is 3.92. The van der Waals surface area contributed by atoms with Gasteiger partial charge in [-0.15, -0.1) is 0 Å². The van der Waals surface area contributed by atoms with Crippen LogP contribution in [0.3, 0.4) is 0 Å². The Morgan fingerprint density at radius 3 is 2.90 bits per heavy atom. The Balaban J connectivity index is 1.85. The van der Waals surface area contributed by atoms with Gasteiger partial charge in [-0.1, -0.05) is 18.2 Å². The molecule has 1 aromatic heterocycles. The van der Waals surface area contributed by atoms with Gasteiger partial charge in [0.2, 0.25) is 5.91 Å². The summed E-state index contributed by atoms with van der Waals surface area (Å²) in [4.78, 5) is 18.8. The molecule has 1 unspecified atom stereocenters. The fraction of sp³-hybridized carbons (Fsp3) is 0.294. The molecule has 0 radical (unpaired) electrons. The molecule has 1 aromatic carbocycles. The number of carbonyl (C=O) groups excluding carboxylic acids is 1. The number of fused-ring (bicyclic) bond motifs is 1. The van der Waals surface area contributed by atoms with Crippen LogP contribution in [-0.4, -0.2) is 16.9 Å². The molecule has 21 heavy (non-hydrogen) atoms. The molecule has 1 aliphatic rings. The van der Waals surface area contributed by atoms with E-state index in [0.717, 1.165) is 24.2 Å². The number of para-hydroxylation sites is 1. The molecule has 0 aliphatic carbocycles. The van der Waals surface area contributed by atoms with Gasteiger partial charge in [0, 0.05) is 17.4 Å². The molecular formula is C17H19N3O. The van der Waals surface area contributed by atoms with Crippen molar-refractivity contribution in [3.8, 4) is 0 Å². The summed E-state index contributed by atoms with van der Waals surface area (Å²) in [5.74, 6) is 0.0897. The number of aryl methyl sites for hydroxylation is 1. The number of nitrogens with zero attached hydrogens (tertiary/aromatic N) is 2. The number of aromatic nitrogens is 1. The van der Waals surface area contributed by atoms with E-state index in [4.69, 9.17) is 5.73 Å². The van der Waals surface area contributed by atoms with Crippen molar-refractivity contribution in [1.82, 2.24) is 4.98 Å². The van der Waals surface area contributed by atoms with Gasteiger partial charge in [0.25, 0.3) is 0 Å². The first kappa shape index (κ1) is 13.6. The van der Waals surface area contributed by atoms with Gasteiger partial charge in [0.1, 0.15) is 0 Å². The van der Waals surface area contributed by atoms with Gasteiger partial charge < -0.3 is 10.6 Å². The standard InChI is InChI=1S/C17H19N3O/c1-12-6-7-13-4-2-3-5-16(13)20(12)17(21)10-15-9-8-14(18)11-19-15/h2-5,8-9,11-12H,6-7,10,18H2,1H3. The number of hydrogen-bond acceptors (Lipinski definition) is 3. The Hall–Kier alpha value is -2.36. The van der Waals surface area contributed by atoms with Crippen LogP contribution in [0.5, 0.6) is 0 Å². The first-order valence-corrected chi connectivity index (χ1v) is 7.25. The van der Waals surface area contributed by atoms with Crippen LogP contribution in [0, 0.1) is 0 Å². The third-order valence-corrected chi connectivity index (χ3v) is 3.97. The normalized spacial score (nSPS) is 17.4. The molecule has 0 saturated carbocycles. The van der Waals surface area contributed by atoms with Crippen molar-refractivity contribution in [3.05, 3.63) is 53.9 Å². The van der Waals surface area contributed by atoms with Crippen molar-refractivity contribution in [2.75, 3.05) is 10.6 Å². The number of rotatable bonds is 2. The Morgan fingerprint density at radius 1 is 1.33 bits per heavy atom. The molecule has 3 rings (SSSR count). The lowest BCUT2D eigenvalue weighted by atomic mass is 9.96. The van der Waals surface area contributed by atoms with Crippen LogP contribution in [0.1, 0.15) is 24.6 Å². The second-order valence-corrected chi connectivity index (χ2v) is 5.54. The smallest absolute Gasteiger partial charge is 0.233 e. The lowest BCUT2D eigenvalue weighted by Crippen LogP contribution is -2.43. The van der Waals surface area contributed by atoms with E-state index in [2.05, 4.69) is 18.0 Å². The second-order valence-electron chi connectivity index (χ2n) is 5.54. The maximum Gasteiger partial charge on any atom is 0.233 e. The molecule has 2 aromatic rings. The highest BCUT2D eigenvalue weighted by atomic mass is 16.2. The van der Waals surface area contributed by atoms with Gasteiger partial charge in [-0.2, -0.15) is 0 Å². The van der Waals surface area contributed by atoms with Crippen LogP contribution in [0.15, 0.2) is 42.6 Å². The van der Waals surface area contributed by atoms with Crippen LogP contribution in [0.4, 0.5) is 11.4 Å². The summed E-state index contributed by atoms with van der Waals surface area (Å²) in [6.45, 7) is 2.10. The van der Waals surface area contributed by atoms with Gasteiger partial charge in [-0.25, -0.2) is 0 Å². The molecule has 1 atom stereocenters. The number of anilines is 2. The zero-order valence-electron chi connectivity index (χ0n) is 12.1.